The van der Waals surface area contributed by atoms with E-state index in [1.807, 2.05) is 0 Å². The molecule has 13 nitrogen and oxygen atoms in total. The monoisotopic (exact) mass is 560 g/mol. The van der Waals surface area contributed by atoms with Crippen LogP contribution in [0.3, 0.4) is 0 Å². The molecule has 6 rings (SSSR count). The molecule has 8 atom stereocenters. The smallest absolute Gasteiger partial charge is 0.208 e. The summed E-state index contributed by atoms with van der Waals surface area (Å²) in [6.45, 7) is 1.14. The number of hydrogen-bond donors (Lipinski definition) is 6. The molecule has 6 N–H and O–H groups in total. The molecule has 2 bridgehead atoms. The van der Waals surface area contributed by atoms with E-state index in [-0.39, 0.29) is 40.0 Å². The van der Waals surface area contributed by atoms with Crippen LogP contribution < -0.4 is 4.74 Å². The van der Waals surface area contributed by atoms with Crippen molar-refractivity contribution in [2.45, 2.75) is 68.5 Å². The van der Waals surface area contributed by atoms with E-state index in [9.17, 15) is 40.2 Å². The van der Waals surface area contributed by atoms with Crippen LogP contribution in [0.2, 0.25) is 0 Å². The number of carbonyl (C=O) groups excluding carboxylic acids is 2. The van der Waals surface area contributed by atoms with Gasteiger partial charge in [0.05, 0.1) is 29.4 Å². The Hall–Kier alpha value is -3.30. The summed E-state index contributed by atoms with van der Waals surface area (Å²) in [7, 11) is 1.30. The zero-order valence-electron chi connectivity index (χ0n) is 21.4. The lowest BCUT2D eigenvalue weighted by molar-refractivity contribution is -0.344. The van der Waals surface area contributed by atoms with Crippen LogP contribution in [0.5, 0.6) is 23.0 Å². The van der Waals surface area contributed by atoms with Gasteiger partial charge in [-0.2, -0.15) is 0 Å². The molecule has 0 amide bonds. The lowest BCUT2D eigenvalue weighted by atomic mass is 9.80. The maximum absolute atomic E-state index is 13.5. The van der Waals surface area contributed by atoms with Crippen LogP contribution in [-0.2, 0) is 18.9 Å². The van der Waals surface area contributed by atoms with Crippen LogP contribution >= 0.6 is 0 Å². The molecule has 0 aromatic heterocycles. The van der Waals surface area contributed by atoms with Gasteiger partial charge >= 0.3 is 0 Å². The van der Waals surface area contributed by atoms with Crippen molar-refractivity contribution >= 4 is 11.6 Å². The number of phenols is 3. The zero-order valence-corrected chi connectivity index (χ0v) is 21.4. The van der Waals surface area contributed by atoms with Gasteiger partial charge in [0.15, 0.2) is 12.1 Å². The molecule has 0 saturated carbocycles. The number of carbonyl (C=O) groups is 2. The molecule has 1 aliphatic carbocycles. The Morgan fingerprint density at radius 1 is 1.02 bits per heavy atom. The van der Waals surface area contributed by atoms with Crippen molar-refractivity contribution in [3.63, 3.8) is 0 Å². The summed E-state index contributed by atoms with van der Waals surface area (Å²) in [4.78, 5) is 26.8. The van der Waals surface area contributed by atoms with Gasteiger partial charge in [0.1, 0.15) is 53.5 Å². The Morgan fingerprint density at radius 2 is 1.75 bits per heavy atom. The zero-order chi connectivity index (χ0) is 28.7. The van der Waals surface area contributed by atoms with Crippen molar-refractivity contribution in [1.82, 2.24) is 0 Å². The molecule has 0 radical (unpaired) electrons. The molecule has 0 unspecified atom stereocenters. The lowest BCUT2D eigenvalue weighted by Crippen LogP contribution is -2.61. The van der Waals surface area contributed by atoms with Crippen LogP contribution in [0, 0.1) is 0 Å². The van der Waals surface area contributed by atoms with Gasteiger partial charge in [0, 0.05) is 37.6 Å². The molecule has 40 heavy (non-hydrogen) atoms. The van der Waals surface area contributed by atoms with Crippen molar-refractivity contribution in [2.24, 2.45) is 0 Å². The highest BCUT2D eigenvalue weighted by atomic mass is 16.7. The standard InChI is InChI=1S/C27H28O13/c1-27-4-3-13(37-26-23(35)22(34)25(36-2)15(8-28)38-26)24(40-27)18-14(39-27)7-11-17(21(18)33)20(32)16-10(19(11)31)5-9(29)6-12(16)30/h5-7,13,15,22-26,28-30,33-35H,3-4,8H2,1-2H3/t13-,15+,22+,23+,24+,25+,26+,27+/m1/s1. The molecule has 13 heteroatoms. The lowest BCUT2D eigenvalue weighted by Gasteiger charge is -2.49. The normalized spacial score (nSPS) is 34.5. The first kappa shape index (κ1) is 26.9. The predicted molar refractivity (Wildman–Crippen MR) is 130 cm³/mol. The van der Waals surface area contributed by atoms with Crippen molar-refractivity contribution in [1.29, 1.82) is 0 Å². The average molecular weight is 561 g/mol. The van der Waals surface area contributed by atoms with Gasteiger partial charge in [0.25, 0.3) is 0 Å². The van der Waals surface area contributed by atoms with E-state index in [2.05, 4.69) is 0 Å². The summed E-state index contributed by atoms with van der Waals surface area (Å²) in [5.41, 5.74) is -1.11. The second-order valence-electron chi connectivity index (χ2n) is 10.5. The van der Waals surface area contributed by atoms with E-state index in [0.717, 1.165) is 12.1 Å². The number of phenolic OH excluding ortho intramolecular Hbond substituents is 3. The van der Waals surface area contributed by atoms with Crippen LogP contribution in [0.15, 0.2) is 18.2 Å². The van der Waals surface area contributed by atoms with Crippen molar-refractivity contribution in [2.75, 3.05) is 13.7 Å². The maximum atomic E-state index is 13.5. The Balaban J connectivity index is 1.40. The number of methoxy groups -OCH3 is 1. The minimum Gasteiger partial charge on any atom is -0.508 e. The van der Waals surface area contributed by atoms with Crippen LogP contribution in [0.4, 0.5) is 0 Å². The Morgan fingerprint density at radius 3 is 2.45 bits per heavy atom. The summed E-state index contributed by atoms with van der Waals surface area (Å²) < 4.78 is 29.0. The number of benzene rings is 2. The van der Waals surface area contributed by atoms with Gasteiger partial charge in [-0.1, -0.05) is 0 Å². The van der Waals surface area contributed by atoms with Crippen molar-refractivity contribution in [3.8, 4) is 23.0 Å². The average Bonchev–Trinajstić information content (AvgIpc) is 2.90. The summed E-state index contributed by atoms with van der Waals surface area (Å²) in [5.74, 6) is -4.30. The molecule has 0 spiro atoms. The van der Waals surface area contributed by atoms with E-state index in [4.69, 9.17) is 23.7 Å². The minimum absolute atomic E-state index is 0.0168. The maximum Gasteiger partial charge on any atom is 0.208 e. The minimum atomic E-state index is -1.55. The highest BCUT2D eigenvalue weighted by molar-refractivity contribution is 6.30. The third-order valence-electron chi connectivity index (χ3n) is 7.96. The first-order valence-corrected chi connectivity index (χ1v) is 12.7. The summed E-state index contributed by atoms with van der Waals surface area (Å²) >= 11 is 0. The van der Waals surface area contributed by atoms with E-state index < -0.39 is 84.1 Å². The van der Waals surface area contributed by atoms with Gasteiger partial charge in [-0.25, -0.2) is 0 Å². The molecule has 2 saturated heterocycles. The molecule has 214 valence electrons. The molecule has 3 heterocycles. The van der Waals surface area contributed by atoms with E-state index in [1.165, 1.54) is 13.2 Å². The number of fused-ring (bicyclic) bond motifs is 6. The second kappa shape index (κ2) is 9.38. The predicted octanol–water partition coefficient (Wildman–Crippen LogP) is 0.378. The number of hydrogen-bond acceptors (Lipinski definition) is 13. The molecule has 2 fully saturated rings. The number of ketones is 2. The first-order valence-electron chi connectivity index (χ1n) is 12.7. The molecule has 2 aromatic carbocycles. The summed E-state index contributed by atoms with van der Waals surface area (Å²) in [6.07, 6.45) is -7.77. The van der Waals surface area contributed by atoms with Crippen molar-refractivity contribution < 1.29 is 63.9 Å². The number of aliphatic hydroxyl groups excluding tert-OH is 3. The Labute approximate surface area is 227 Å². The molecular formula is C27H28O13. The number of ether oxygens (including phenoxy) is 5. The third-order valence-corrected chi connectivity index (χ3v) is 7.96. The van der Waals surface area contributed by atoms with Gasteiger partial charge < -0.3 is 54.3 Å². The fraction of sp³-hybridized carbons (Fsp3) is 0.481. The van der Waals surface area contributed by atoms with Crippen LogP contribution in [0.1, 0.15) is 63.3 Å². The second-order valence-corrected chi connectivity index (χ2v) is 10.5. The first-order chi connectivity index (χ1) is 19.0. The topological polar surface area (TPSA) is 202 Å². The van der Waals surface area contributed by atoms with Gasteiger partial charge in [-0.05, 0) is 18.6 Å². The Bertz CT molecular complexity index is 1400. The number of aliphatic hydroxyl groups is 3. The molecule has 3 aliphatic heterocycles. The fourth-order valence-corrected chi connectivity index (χ4v) is 6.01. The highest BCUT2D eigenvalue weighted by Crippen LogP contribution is 2.54. The molecular weight excluding hydrogens is 532 g/mol. The van der Waals surface area contributed by atoms with Crippen LogP contribution in [-0.4, -0.2) is 98.5 Å². The van der Waals surface area contributed by atoms with E-state index >= 15 is 0 Å². The third kappa shape index (κ3) is 3.89. The largest absolute Gasteiger partial charge is 0.508 e. The summed E-state index contributed by atoms with van der Waals surface area (Å²) in [6, 6.07) is 3.30. The number of rotatable bonds is 4. The van der Waals surface area contributed by atoms with Gasteiger partial charge in [-0.3, -0.25) is 9.59 Å². The van der Waals surface area contributed by atoms with Gasteiger partial charge in [-0.15, -0.1) is 0 Å². The summed E-state index contributed by atoms with van der Waals surface area (Å²) in [5, 5.41) is 62.5. The van der Waals surface area contributed by atoms with Gasteiger partial charge in [0.2, 0.25) is 11.6 Å². The van der Waals surface area contributed by atoms with E-state index in [1.54, 1.807) is 6.92 Å². The van der Waals surface area contributed by atoms with Crippen molar-refractivity contribution in [3.05, 3.63) is 46.0 Å². The SMILES string of the molecule is CO[C@@H]1[C@@H](O)[C@H](O)[C@@H](O[C@@H]2CC[C@@]3(C)Oc4cc5c(c(O)c4[C@H]2O3)C(=O)c2c(O)cc(O)cc2C5=O)O[C@H]1CO. The van der Waals surface area contributed by atoms with E-state index in [0.29, 0.717) is 6.42 Å². The van der Waals surface area contributed by atoms with Crippen LogP contribution in [0.25, 0.3) is 0 Å². The number of aromatic hydroxyl groups is 3. The Kier molecular flexibility index (Phi) is 6.31. The molecule has 2 aromatic rings. The molecule has 4 aliphatic rings. The highest BCUT2D eigenvalue weighted by Gasteiger charge is 2.53. The quantitative estimate of drug-likeness (QED) is 0.256. The fourth-order valence-electron chi connectivity index (χ4n) is 6.01.